The highest BCUT2D eigenvalue weighted by molar-refractivity contribution is 7.79. The maximum atomic E-state index is 3.89. The first-order chi connectivity index (χ1) is 15.2. The highest BCUT2D eigenvalue weighted by Gasteiger charge is 2.17. The smallest absolute Gasteiger partial charge is 0.0372 e. The third kappa shape index (κ3) is 5.66. The molecule has 0 saturated heterocycles. The van der Waals surface area contributed by atoms with Crippen molar-refractivity contribution in [3.8, 4) is 0 Å². The zero-order chi connectivity index (χ0) is 22.1. The van der Waals surface area contributed by atoms with E-state index in [4.69, 9.17) is 0 Å². The molecule has 3 aromatic rings. The summed E-state index contributed by atoms with van der Waals surface area (Å²) in [4.78, 5) is 4.66. The Bertz CT molecular complexity index is 935. The van der Waals surface area contributed by atoms with Crippen molar-refractivity contribution in [1.29, 1.82) is 0 Å². The maximum Gasteiger partial charge on any atom is 0.0372 e. The summed E-state index contributed by atoms with van der Waals surface area (Å²) in [6.07, 6.45) is 3.87. The topological polar surface area (TPSA) is 6.48 Å². The van der Waals surface area contributed by atoms with Gasteiger partial charge in [0.1, 0.15) is 0 Å². The quantitative estimate of drug-likeness (QED) is 0.295. The van der Waals surface area contributed by atoms with Crippen LogP contribution >= 0.6 is 7.92 Å². The Morgan fingerprint density at radius 2 is 1.03 bits per heavy atom. The van der Waals surface area contributed by atoms with E-state index in [-0.39, 0.29) is 0 Å². The maximum absolute atomic E-state index is 3.89. The molecule has 3 rings (SSSR count). The van der Waals surface area contributed by atoms with Crippen molar-refractivity contribution in [3.05, 3.63) is 104 Å². The number of rotatable bonds is 11. The molecule has 3 heteroatoms. The van der Waals surface area contributed by atoms with Gasteiger partial charge in [0.05, 0.1) is 0 Å². The van der Waals surface area contributed by atoms with Crippen molar-refractivity contribution in [2.75, 3.05) is 36.0 Å². The van der Waals surface area contributed by atoms with E-state index < -0.39 is 7.92 Å². The SMILES string of the molecule is C=CCN(CC=C)c1ccc(P(c2ccccc2)c2ccc(N(CC)CC)cc2)cc1. The van der Waals surface area contributed by atoms with E-state index in [1.54, 1.807) is 0 Å². The molecule has 0 aliphatic carbocycles. The standard InChI is InChI=1S/C28H33N2P/c1-5-22-30(23-6-2)25-16-20-28(21-17-25)31(26-12-10-9-11-13-26)27-18-14-24(15-19-27)29(7-3)8-4/h5-6,9-21H,1-2,7-8,22-23H2,3-4H3. The first kappa shape index (κ1) is 22.8. The summed E-state index contributed by atoms with van der Waals surface area (Å²) >= 11 is 0. The van der Waals surface area contributed by atoms with Crippen LogP contribution in [0.2, 0.25) is 0 Å². The molecule has 0 amide bonds. The Kier molecular flexibility index (Phi) is 8.50. The zero-order valence-corrected chi connectivity index (χ0v) is 19.6. The number of hydrogen-bond donors (Lipinski definition) is 0. The lowest BCUT2D eigenvalue weighted by molar-refractivity contribution is 0.866. The molecule has 0 saturated carbocycles. The van der Waals surface area contributed by atoms with Crippen molar-refractivity contribution in [2.24, 2.45) is 0 Å². The first-order valence-electron chi connectivity index (χ1n) is 11.0. The largest absolute Gasteiger partial charge is 0.372 e. The van der Waals surface area contributed by atoms with Crippen molar-refractivity contribution in [3.63, 3.8) is 0 Å². The van der Waals surface area contributed by atoms with Crippen molar-refractivity contribution >= 4 is 35.2 Å². The van der Waals surface area contributed by atoms with Gasteiger partial charge in [-0.1, -0.05) is 66.7 Å². The van der Waals surface area contributed by atoms with Crippen LogP contribution < -0.4 is 25.7 Å². The molecule has 0 aliphatic rings. The Hall–Kier alpha value is -2.83. The molecule has 0 N–H and O–H groups in total. The molecule has 1 atom stereocenters. The molecule has 2 nitrogen and oxygen atoms in total. The number of anilines is 2. The van der Waals surface area contributed by atoms with E-state index in [1.807, 2.05) is 12.2 Å². The molecule has 0 radical (unpaired) electrons. The number of benzene rings is 3. The summed E-state index contributed by atoms with van der Waals surface area (Å²) in [7, 11) is -0.611. The lowest BCUT2D eigenvalue weighted by Gasteiger charge is -2.25. The van der Waals surface area contributed by atoms with E-state index in [0.717, 1.165) is 26.2 Å². The van der Waals surface area contributed by atoms with E-state index in [2.05, 4.69) is 116 Å². The molecular weight excluding hydrogens is 395 g/mol. The molecule has 1 unspecified atom stereocenters. The van der Waals surface area contributed by atoms with Gasteiger partial charge in [0.15, 0.2) is 0 Å². The number of hydrogen-bond acceptors (Lipinski definition) is 2. The predicted octanol–water partition coefficient (Wildman–Crippen LogP) is 5.47. The van der Waals surface area contributed by atoms with E-state index in [0.29, 0.717) is 0 Å². The van der Waals surface area contributed by atoms with E-state index in [1.165, 1.54) is 27.3 Å². The summed E-state index contributed by atoms with van der Waals surface area (Å²) in [6, 6.07) is 29.0. The van der Waals surface area contributed by atoms with Crippen LogP contribution in [0.4, 0.5) is 11.4 Å². The van der Waals surface area contributed by atoms with Gasteiger partial charge in [-0.2, -0.15) is 0 Å². The average Bonchev–Trinajstić information content (AvgIpc) is 2.82. The highest BCUT2D eigenvalue weighted by Crippen LogP contribution is 2.34. The van der Waals surface area contributed by atoms with Gasteiger partial charge in [0.2, 0.25) is 0 Å². The molecule has 0 fully saturated rings. The van der Waals surface area contributed by atoms with Crippen molar-refractivity contribution in [1.82, 2.24) is 0 Å². The van der Waals surface area contributed by atoms with Crippen LogP contribution in [0, 0.1) is 0 Å². The van der Waals surface area contributed by atoms with Gasteiger partial charge < -0.3 is 9.80 Å². The van der Waals surface area contributed by atoms with Gasteiger partial charge in [-0.05, 0) is 61.9 Å². The second kappa shape index (κ2) is 11.5. The van der Waals surface area contributed by atoms with E-state index in [9.17, 15) is 0 Å². The second-order valence-corrected chi connectivity index (χ2v) is 9.58. The van der Waals surface area contributed by atoms with Crippen molar-refractivity contribution < 1.29 is 0 Å². The molecule has 0 aliphatic heterocycles. The molecule has 0 aromatic heterocycles. The summed E-state index contributed by atoms with van der Waals surface area (Å²) in [5.41, 5.74) is 2.49. The molecule has 160 valence electrons. The average molecular weight is 429 g/mol. The van der Waals surface area contributed by atoms with Gasteiger partial charge >= 0.3 is 0 Å². The molecule has 31 heavy (non-hydrogen) atoms. The van der Waals surface area contributed by atoms with Crippen LogP contribution in [-0.4, -0.2) is 26.2 Å². The van der Waals surface area contributed by atoms with Crippen LogP contribution in [0.15, 0.2) is 104 Å². The molecule has 3 aromatic carbocycles. The third-order valence-corrected chi connectivity index (χ3v) is 7.87. The minimum absolute atomic E-state index is 0.611. The zero-order valence-electron chi connectivity index (χ0n) is 18.7. The molecular formula is C28H33N2P. The fourth-order valence-corrected chi connectivity index (χ4v) is 6.09. The third-order valence-electron chi connectivity index (χ3n) is 5.42. The lowest BCUT2D eigenvalue weighted by atomic mass is 10.3. The fourth-order valence-electron chi connectivity index (χ4n) is 3.84. The van der Waals surface area contributed by atoms with Gasteiger partial charge in [-0.25, -0.2) is 0 Å². The van der Waals surface area contributed by atoms with Crippen LogP contribution in [0.3, 0.4) is 0 Å². The Balaban J connectivity index is 1.97. The number of nitrogens with zero attached hydrogens (tertiary/aromatic N) is 2. The summed E-state index contributed by atoms with van der Waals surface area (Å²) < 4.78 is 0. The summed E-state index contributed by atoms with van der Waals surface area (Å²) in [6.45, 7) is 15.9. The minimum atomic E-state index is -0.611. The van der Waals surface area contributed by atoms with Crippen LogP contribution in [0.1, 0.15) is 13.8 Å². The summed E-state index contributed by atoms with van der Waals surface area (Å²) in [5.74, 6) is 0. The predicted molar refractivity (Wildman–Crippen MR) is 141 cm³/mol. The molecule has 0 spiro atoms. The van der Waals surface area contributed by atoms with E-state index >= 15 is 0 Å². The van der Waals surface area contributed by atoms with Crippen LogP contribution in [-0.2, 0) is 0 Å². The normalized spacial score (nSPS) is 11.5. The Morgan fingerprint density at radius 1 is 0.613 bits per heavy atom. The van der Waals surface area contributed by atoms with Gasteiger partial charge in [-0.15, -0.1) is 13.2 Å². The second-order valence-electron chi connectivity index (χ2n) is 7.36. The first-order valence-corrected chi connectivity index (χ1v) is 12.3. The molecule has 0 bridgehead atoms. The lowest BCUT2D eigenvalue weighted by Crippen LogP contribution is -2.25. The fraction of sp³-hybridized carbons (Fsp3) is 0.214. The van der Waals surface area contributed by atoms with Crippen LogP contribution in [0.25, 0.3) is 0 Å². The summed E-state index contributed by atoms with van der Waals surface area (Å²) in [5, 5.41) is 4.10. The van der Waals surface area contributed by atoms with Crippen LogP contribution in [0.5, 0.6) is 0 Å². The Morgan fingerprint density at radius 3 is 1.45 bits per heavy atom. The monoisotopic (exact) mass is 428 g/mol. The Labute approximate surface area is 189 Å². The van der Waals surface area contributed by atoms with Crippen molar-refractivity contribution in [2.45, 2.75) is 13.8 Å². The highest BCUT2D eigenvalue weighted by atomic mass is 31.1. The van der Waals surface area contributed by atoms with Gasteiger partial charge in [0, 0.05) is 37.6 Å². The van der Waals surface area contributed by atoms with Gasteiger partial charge in [-0.3, -0.25) is 0 Å². The molecule has 0 heterocycles. The minimum Gasteiger partial charge on any atom is -0.372 e. The van der Waals surface area contributed by atoms with Gasteiger partial charge in [0.25, 0.3) is 0 Å².